The molecule has 6 heteroatoms. The molecule has 1 aliphatic heterocycles. The van der Waals surface area contributed by atoms with Crippen LogP contribution in [0.2, 0.25) is 0 Å². The highest BCUT2D eigenvalue weighted by atomic mass is 32.1. The summed E-state index contributed by atoms with van der Waals surface area (Å²) in [4.78, 5) is 31.3. The van der Waals surface area contributed by atoms with E-state index in [1.165, 1.54) is 11.6 Å². The van der Waals surface area contributed by atoms with Gasteiger partial charge in [-0.2, -0.15) is 0 Å². The van der Waals surface area contributed by atoms with E-state index in [4.69, 9.17) is 4.98 Å². The summed E-state index contributed by atoms with van der Waals surface area (Å²) in [6.45, 7) is 2.68. The van der Waals surface area contributed by atoms with Crippen LogP contribution in [0.1, 0.15) is 41.2 Å². The number of ketones is 1. The molecule has 1 aromatic heterocycles. The van der Waals surface area contributed by atoms with E-state index >= 15 is 0 Å². The molecule has 0 radical (unpaired) electrons. The van der Waals surface area contributed by atoms with Gasteiger partial charge in [0.05, 0.1) is 28.5 Å². The maximum atomic E-state index is 12.6. The number of Topliss-reactive ketones (excluding diaryl/α,β-unsaturated/α-hetero) is 1. The summed E-state index contributed by atoms with van der Waals surface area (Å²) >= 11 is 1.71. The second-order valence-electron chi connectivity index (χ2n) is 6.80. The van der Waals surface area contributed by atoms with Gasteiger partial charge in [0, 0.05) is 5.56 Å². The van der Waals surface area contributed by atoms with Gasteiger partial charge in [0.15, 0.2) is 5.78 Å². The summed E-state index contributed by atoms with van der Waals surface area (Å²) in [6, 6.07) is 15.4. The molecule has 4 rings (SSSR count). The molecule has 27 heavy (non-hydrogen) atoms. The summed E-state index contributed by atoms with van der Waals surface area (Å²) < 4.78 is 1.18. The zero-order valence-corrected chi connectivity index (χ0v) is 16.0. The molecule has 1 amide bonds. The Hall–Kier alpha value is -2.57. The van der Waals surface area contributed by atoms with E-state index in [-0.39, 0.29) is 17.7 Å². The van der Waals surface area contributed by atoms with Crippen molar-refractivity contribution in [3.8, 4) is 0 Å². The fraction of sp³-hybridized carbons (Fsp3) is 0.286. The Morgan fingerprint density at radius 3 is 2.78 bits per heavy atom. The van der Waals surface area contributed by atoms with Crippen molar-refractivity contribution in [3.63, 3.8) is 0 Å². The van der Waals surface area contributed by atoms with E-state index in [2.05, 4.69) is 16.3 Å². The fourth-order valence-corrected chi connectivity index (χ4v) is 4.74. The molecule has 1 N–H and O–H groups in total. The number of nitrogens with zero attached hydrogens (tertiary/aromatic N) is 2. The van der Waals surface area contributed by atoms with E-state index < -0.39 is 0 Å². The number of hydrogen-bond acceptors (Lipinski definition) is 5. The molecule has 0 bridgehead atoms. The molecule has 1 saturated heterocycles. The van der Waals surface area contributed by atoms with Crippen LogP contribution in [-0.4, -0.2) is 34.7 Å². The number of para-hydroxylation sites is 2. The van der Waals surface area contributed by atoms with E-state index in [0.717, 1.165) is 29.9 Å². The molecule has 1 aliphatic rings. The smallest absolute Gasteiger partial charge is 0.238 e. The van der Waals surface area contributed by atoms with Crippen molar-refractivity contribution in [2.24, 2.45) is 0 Å². The van der Waals surface area contributed by atoms with Gasteiger partial charge in [0.2, 0.25) is 5.91 Å². The largest absolute Gasteiger partial charge is 0.324 e. The van der Waals surface area contributed by atoms with E-state index in [0.29, 0.717) is 17.8 Å². The van der Waals surface area contributed by atoms with Gasteiger partial charge < -0.3 is 5.32 Å². The number of rotatable bonds is 5. The monoisotopic (exact) mass is 379 g/mol. The molecule has 0 aliphatic carbocycles. The Morgan fingerprint density at radius 2 is 1.96 bits per heavy atom. The van der Waals surface area contributed by atoms with Crippen molar-refractivity contribution in [2.45, 2.75) is 25.8 Å². The van der Waals surface area contributed by atoms with Crippen molar-refractivity contribution in [3.05, 3.63) is 59.1 Å². The number of anilines is 1. The molecule has 0 unspecified atom stereocenters. The fourth-order valence-electron chi connectivity index (χ4n) is 3.60. The van der Waals surface area contributed by atoms with Crippen LogP contribution in [0, 0.1) is 0 Å². The first-order chi connectivity index (χ1) is 13.1. The molecule has 2 aromatic carbocycles. The maximum absolute atomic E-state index is 12.6. The Balaban J connectivity index is 1.48. The predicted octanol–water partition coefficient (Wildman–Crippen LogP) is 4.27. The third-order valence-electron chi connectivity index (χ3n) is 4.89. The minimum absolute atomic E-state index is 0.0561. The van der Waals surface area contributed by atoms with Crippen LogP contribution in [0.25, 0.3) is 10.2 Å². The molecule has 5 nitrogen and oxygen atoms in total. The third-order valence-corrected chi connectivity index (χ3v) is 6.02. The topological polar surface area (TPSA) is 62.3 Å². The Morgan fingerprint density at radius 1 is 1.19 bits per heavy atom. The quantitative estimate of drug-likeness (QED) is 0.672. The highest BCUT2D eigenvalue weighted by molar-refractivity contribution is 7.18. The molecule has 0 spiro atoms. The van der Waals surface area contributed by atoms with Gasteiger partial charge in [-0.05, 0) is 50.6 Å². The Kier molecular flexibility index (Phi) is 5.01. The first-order valence-corrected chi connectivity index (χ1v) is 9.93. The zero-order chi connectivity index (χ0) is 18.8. The van der Waals surface area contributed by atoms with Crippen LogP contribution in [0.4, 0.5) is 5.69 Å². The Labute approximate surface area is 162 Å². The lowest BCUT2D eigenvalue weighted by Crippen LogP contribution is -2.33. The number of likely N-dealkylation sites (tertiary alicyclic amines) is 1. The van der Waals surface area contributed by atoms with Crippen LogP contribution in [0.5, 0.6) is 0 Å². The number of nitrogens with one attached hydrogen (secondary N) is 1. The molecule has 1 atom stereocenters. The van der Waals surface area contributed by atoms with Gasteiger partial charge in [0.1, 0.15) is 5.01 Å². The van der Waals surface area contributed by atoms with Crippen molar-refractivity contribution < 1.29 is 9.59 Å². The molecule has 3 aromatic rings. The molecule has 1 fully saturated rings. The summed E-state index contributed by atoms with van der Waals surface area (Å²) in [6.07, 6.45) is 2.06. The maximum Gasteiger partial charge on any atom is 0.238 e. The first kappa shape index (κ1) is 17.8. The molecule has 138 valence electrons. The number of aromatic nitrogens is 1. The Bertz CT molecular complexity index is 965. The van der Waals surface area contributed by atoms with Gasteiger partial charge in [-0.3, -0.25) is 14.5 Å². The van der Waals surface area contributed by atoms with Gasteiger partial charge in [-0.15, -0.1) is 11.3 Å². The average molecular weight is 379 g/mol. The summed E-state index contributed by atoms with van der Waals surface area (Å²) in [5.74, 6) is -0.156. The van der Waals surface area contributed by atoms with Crippen molar-refractivity contribution >= 4 is 38.9 Å². The van der Waals surface area contributed by atoms with Crippen molar-refractivity contribution in [1.82, 2.24) is 9.88 Å². The zero-order valence-electron chi connectivity index (χ0n) is 15.1. The summed E-state index contributed by atoms with van der Waals surface area (Å²) in [5.41, 5.74) is 2.13. The van der Waals surface area contributed by atoms with Gasteiger partial charge in [-0.25, -0.2) is 4.98 Å². The van der Waals surface area contributed by atoms with E-state index in [1.807, 2.05) is 24.3 Å². The SMILES string of the molecule is CC(=O)c1ccccc1NC(=O)CN1CCC[C@@H]1c1nc2ccccc2s1. The normalized spacial score (nSPS) is 17.3. The van der Waals surface area contributed by atoms with Gasteiger partial charge in [-0.1, -0.05) is 24.3 Å². The summed E-state index contributed by atoms with van der Waals surface area (Å²) in [7, 11) is 0. The lowest BCUT2D eigenvalue weighted by Gasteiger charge is -2.22. The van der Waals surface area contributed by atoms with Crippen LogP contribution in [-0.2, 0) is 4.79 Å². The number of fused-ring (bicyclic) bond motifs is 1. The van der Waals surface area contributed by atoms with Crippen molar-refractivity contribution in [1.29, 1.82) is 0 Å². The molecule has 2 heterocycles. The molecular weight excluding hydrogens is 358 g/mol. The third kappa shape index (κ3) is 3.77. The average Bonchev–Trinajstić information content (AvgIpc) is 3.28. The number of thiazole rings is 1. The van der Waals surface area contributed by atoms with E-state index in [9.17, 15) is 9.59 Å². The molecular formula is C21H21N3O2S. The number of carbonyl (C=O) groups is 2. The van der Waals surface area contributed by atoms with Crippen molar-refractivity contribution in [2.75, 3.05) is 18.4 Å². The van der Waals surface area contributed by atoms with Gasteiger partial charge >= 0.3 is 0 Å². The van der Waals surface area contributed by atoms with Crippen LogP contribution >= 0.6 is 11.3 Å². The lowest BCUT2D eigenvalue weighted by molar-refractivity contribution is -0.117. The predicted molar refractivity (Wildman–Crippen MR) is 108 cm³/mol. The highest BCUT2D eigenvalue weighted by Gasteiger charge is 2.30. The number of benzene rings is 2. The van der Waals surface area contributed by atoms with Crippen LogP contribution in [0.15, 0.2) is 48.5 Å². The number of hydrogen-bond donors (Lipinski definition) is 1. The standard InChI is InChI=1S/C21H21N3O2S/c1-14(25)15-7-2-3-8-16(15)22-20(26)13-24-12-6-10-18(24)21-23-17-9-4-5-11-19(17)27-21/h2-5,7-9,11,18H,6,10,12-13H2,1H3,(H,22,26)/t18-/m1/s1. The van der Waals surface area contributed by atoms with Gasteiger partial charge in [0.25, 0.3) is 0 Å². The number of amides is 1. The highest BCUT2D eigenvalue weighted by Crippen LogP contribution is 2.36. The minimum atomic E-state index is -0.100. The minimum Gasteiger partial charge on any atom is -0.324 e. The first-order valence-electron chi connectivity index (χ1n) is 9.11. The lowest BCUT2D eigenvalue weighted by atomic mass is 10.1. The van der Waals surface area contributed by atoms with E-state index in [1.54, 1.807) is 29.5 Å². The number of carbonyl (C=O) groups excluding carboxylic acids is 2. The second kappa shape index (κ2) is 7.58. The van der Waals surface area contributed by atoms with Crippen LogP contribution < -0.4 is 5.32 Å². The summed E-state index contributed by atoms with van der Waals surface area (Å²) in [5, 5.41) is 3.97. The second-order valence-corrected chi connectivity index (χ2v) is 7.86. The van der Waals surface area contributed by atoms with Crippen LogP contribution in [0.3, 0.4) is 0 Å². The molecule has 0 saturated carbocycles.